The van der Waals surface area contributed by atoms with Crippen LogP contribution in [-0.4, -0.2) is 18.3 Å². The van der Waals surface area contributed by atoms with E-state index in [1.165, 1.54) is 5.56 Å². The van der Waals surface area contributed by atoms with Gasteiger partial charge in [-0.2, -0.15) is 0 Å². The van der Waals surface area contributed by atoms with Crippen molar-refractivity contribution in [2.75, 3.05) is 18.4 Å². The van der Waals surface area contributed by atoms with Gasteiger partial charge < -0.3 is 9.73 Å². The van der Waals surface area contributed by atoms with Gasteiger partial charge in [0.2, 0.25) is 10.6 Å². The van der Waals surface area contributed by atoms with Gasteiger partial charge in [-0.15, -0.1) is 0 Å². The number of nitrogens with zero attached hydrogens (tertiary/aromatic N) is 1. The molecule has 4 rings (SSSR count). The minimum atomic E-state index is -0.244. The highest BCUT2D eigenvalue weighted by Crippen LogP contribution is 2.41. The molecule has 0 bridgehead atoms. The number of unbranched alkanes of at least 4 members (excludes halogenated alkanes) is 2. The van der Waals surface area contributed by atoms with E-state index >= 15 is 0 Å². The number of rotatable bonds is 9. The number of hydrogen-bond acceptors (Lipinski definition) is 3. The predicted octanol–water partition coefficient (Wildman–Crippen LogP) is 6.64. The SMILES string of the molecule is CC[N+](CCCCCC(=O)Cl)=c1ccc2cc3c(oc-2c1)C=C(Nc1ccccc1)CC3(C)C. The van der Waals surface area contributed by atoms with E-state index < -0.39 is 0 Å². The molecule has 0 fully saturated rings. The van der Waals surface area contributed by atoms with Crippen LogP contribution in [0.15, 0.2) is 64.7 Å². The van der Waals surface area contributed by atoms with E-state index in [1.807, 2.05) is 18.2 Å². The Morgan fingerprint density at radius 3 is 2.62 bits per heavy atom. The van der Waals surface area contributed by atoms with Gasteiger partial charge in [-0.25, -0.2) is 4.58 Å². The Morgan fingerprint density at radius 1 is 1.09 bits per heavy atom. The molecule has 1 aliphatic heterocycles. The maximum Gasteiger partial charge on any atom is 0.221 e. The molecule has 4 nitrogen and oxygen atoms in total. The average Bonchev–Trinajstić information content (AvgIpc) is 2.80. The van der Waals surface area contributed by atoms with Crippen LogP contribution in [0.25, 0.3) is 17.4 Å². The number of benzene rings is 2. The van der Waals surface area contributed by atoms with E-state index in [-0.39, 0.29) is 10.7 Å². The third-order valence-corrected chi connectivity index (χ3v) is 6.77. The van der Waals surface area contributed by atoms with E-state index in [4.69, 9.17) is 16.0 Å². The molecule has 0 saturated heterocycles. The number of halogens is 1. The predicted molar refractivity (Wildman–Crippen MR) is 141 cm³/mol. The number of carbonyl (C=O) groups is 1. The lowest BCUT2D eigenvalue weighted by Gasteiger charge is -2.32. The lowest BCUT2D eigenvalue weighted by atomic mass is 9.76. The molecule has 1 N–H and O–H groups in total. The van der Waals surface area contributed by atoms with E-state index in [1.54, 1.807) is 0 Å². The Kier molecular flexibility index (Phi) is 7.57. The molecule has 34 heavy (non-hydrogen) atoms. The Hall–Kier alpha value is -2.85. The van der Waals surface area contributed by atoms with Crippen LogP contribution in [0.4, 0.5) is 5.69 Å². The van der Waals surface area contributed by atoms with Crippen LogP contribution < -0.4 is 15.2 Å². The molecule has 0 radical (unpaired) electrons. The van der Waals surface area contributed by atoms with Crippen LogP contribution in [-0.2, 0) is 10.2 Å². The first-order chi connectivity index (χ1) is 16.4. The largest absolute Gasteiger partial charge is 0.456 e. The van der Waals surface area contributed by atoms with Crippen molar-refractivity contribution >= 4 is 28.6 Å². The van der Waals surface area contributed by atoms with Crippen molar-refractivity contribution in [2.24, 2.45) is 0 Å². The monoisotopic (exact) mass is 477 g/mol. The molecule has 178 valence electrons. The first-order valence-corrected chi connectivity index (χ1v) is 12.6. The third-order valence-electron chi connectivity index (χ3n) is 6.58. The first kappa shape index (κ1) is 24.3. The molecule has 0 atom stereocenters. The molecule has 1 aromatic rings. The Bertz CT molecular complexity index is 1220. The van der Waals surface area contributed by atoms with Crippen molar-refractivity contribution in [2.45, 2.75) is 58.3 Å². The summed E-state index contributed by atoms with van der Waals surface area (Å²) in [6.45, 7) is 8.59. The molecule has 1 aromatic carbocycles. The average molecular weight is 478 g/mol. The first-order valence-electron chi connectivity index (χ1n) is 12.2. The number of nitrogens with one attached hydrogen (secondary N) is 1. The second kappa shape index (κ2) is 10.6. The molecule has 0 saturated carbocycles. The maximum atomic E-state index is 10.9. The molecule has 1 heterocycles. The second-order valence-electron chi connectivity index (χ2n) is 9.71. The minimum absolute atomic E-state index is 0.0303. The molecule has 0 spiro atoms. The highest BCUT2D eigenvalue weighted by Gasteiger charge is 2.31. The third kappa shape index (κ3) is 5.79. The molecule has 3 aliphatic rings. The molecular weight excluding hydrogens is 444 g/mol. The molecule has 0 unspecified atom stereocenters. The topological polar surface area (TPSA) is 45.2 Å². The summed E-state index contributed by atoms with van der Waals surface area (Å²) in [4.78, 5) is 10.9. The second-order valence-corrected chi connectivity index (χ2v) is 10.1. The van der Waals surface area contributed by atoms with Gasteiger partial charge in [0.1, 0.15) is 24.6 Å². The van der Waals surface area contributed by atoms with Crippen LogP contribution in [0.1, 0.15) is 64.2 Å². The normalized spacial score (nSPS) is 15.5. The smallest absolute Gasteiger partial charge is 0.221 e. The fourth-order valence-electron chi connectivity index (χ4n) is 4.74. The number of carbonyl (C=O) groups excluding carboxylic acids is 1. The lowest BCUT2D eigenvalue weighted by molar-refractivity contribution is -0.111. The van der Waals surface area contributed by atoms with Gasteiger partial charge in [0.25, 0.3) is 0 Å². The zero-order valence-corrected chi connectivity index (χ0v) is 21.1. The molecule has 5 heteroatoms. The van der Waals surface area contributed by atoms with Crippen LogP contribution in [0.2, 0.25) is 0 Å². The summed E-state index contributed by atoms with van der Waals surface area (Å²) in [5, 5.41) is 4.48. The van der Waals surface area contributed by atoms with Crippen LogP contribution in [0, 0.1) is 0 Å². The van der Waals surface area contributed by atoms with Crippen LogP contribution in [0.5, 0.6) is 0 Å². The summed E-state index contributed by atoms with van der Waals surface area (Å²) >= 11 is 5.45. The quantitative estimate of drug-likeness (QED) is 0.213. The highest BCUT2D eigenvalue weighted by molar-refractivity contribution is 6.63. The Labute approximate surface area is 207 Å². The summed E-state index contributed by atoms with van der Waals surface area (Å²) in [6.07, 6.45) is 6.40. The number of para-hydroxylation sites is 1. The Balaban J connectivity index is 1.64. The summed E-state index contributed by atoms with van der Waals surface area (Å²) in [5.41, 5.74) is 4.59. The maximum absolute atomic E-state index is 10.9. The van der Waals surface area contributed by atoms with Gasteiger partial charge in [-0.05, 0) is 67.5 Å². The van der Waals surface area contributed by atoms with Crippen molar-refractivity contribution in [3.05, 3.63) is 77.0 Å². The number of anilines is 1. The fourth-order valence-corrected chi connectivity index (χ4v) is 4.88. The minimum Gasteiger partial charge on any atom is -0.456 e. The van der Waals surface area contributed by atoms with Crippen LogP contribution >= 0.6 is 11.6 Å². The van der Waals surface area contributed by atoms with Gasteiger partial charge >= 0.3 is 0 Å². The number of fused-ring (bicyclic) bond motifs is 2. The molecule has 2 aliphatic carbocycles. The highest BCUT2D eigenvalue weighted by atomic mass is 35.5. The zero-order chi connectivity index (χ0) is 24.1. The summed E-state index contributed by atoms with van der Waals surface area (Å²) in [7, 11) is 0. The van der Waals surface area contributed by atoms with Crippen molar-refractivity contribution in [3.63, 3.8) is 0 Å². The lowest BCUT2D eigenvalue weighted by Crippen LogP contribution is -2.31. The molecule has 0 amide bonds. The molecule has 0 aromatic heterocycles. The van der Waals surface area contributed by atoms with Gasteiger partial charge in [-0.3, -0.25) is 4.79 Å². The van der Waals surface area contributed by atoms with Crippen LogP contribution in [0.3, 0.4) is 0 Å². The van der Waals surface area contributed by atoms with Gasteiger partial charge in [0, 0.05) is 47.5 Å². The number of allylic oxidation sites excluding steroid dienone is 1. The van der Waals surface area contributed by atoms with E-state index in [0.717, 1.165) is 72.6 Å². The fraction of sp³-hybridized carbons (Fsp3) is 0.379. The molecular formula is C29H34ClN2O2+. The zero-order valence-electron chi connectivity index (χ0n) is 20.4. The van der Waals surface area contributed by atoms with Crippen molar-refractivity contribution in [1.82, 2.24) is 4.58 Å². The van der Waals surface area contributed by atoms with Gasteiger partial charge in [0.15, 0.2) is 0 Å². The van der Waals surface area contributed by atoms with Gasteiger partial charge in [0.05, 0.1) is 6.07 Å². The summed E-state index contributed by atoms with van der Waals surface area (Å²) in [6, 6.07) is 19.1. The van der Waals surface area contributed by atoms with Gasteiger partial charge in [-0.1, -0.05) is 32.0 Å². The van der Waals surface area contributed by atoms with Crippen molar-refractivity contribution < 1.29 is 9.21 Å². The van der Waals surface area contributed by atoms with E-state index in [2.05, 4.69) is 73.1 Å². The summed E-state index contributed by atoms with van der Waals surface area (Å²) in [5.74, 6) is 1.82. The number of hydrogen-bond donors (Lipinski definition) is 1. The standard InChI is InChI=1S/C29H33ClN2O2/c1-4-32(16-10-6-9-13-28(30)33)24-15-14-21-17-25-27(34-26(21)19-24)18-23(20-29(25,2)3)31-22-11-7-5-8-12-22/h5,7-8,11-12,14-15,17-19H,4,6,9-10,13,16,20H2,1-3H3/p+1. The van der Waals surface area contributed by atoms with E-state index in [9.17, 15) is 4.79 Å². The van der Waals surface area contributed by atoms with E-state index in [0.29, 0.717) is 6.42 Å². The van der Waals surface area contributed by atoms with Crippen molar-refractivity contribution in [3.8, 4) is 11.3 Å². The summed E-state index contributed by atoms with van der Waals surface area (Å²) < 4.78 is 8.86. The van der Waals surface area contributed by atoms with Crippen molar-refractivity contribution in [1.29, 1.82) is 0 Å². The Morgan fingerprint density at radius 2 is 1.88 bits per heavy atom.